The second kappa shape index (κ2) is 7.05. The molecule has 1 aromatic heterocycles. The first-order chi connectivity index (χ1) is 13.5. The summed E-state index contributed by atoms with van der Waals surface area (Å²) in [4.78, 5) is 26.8. The zero-order valence-electron chi connectivity index (χ0n) is 14.8. The van der Waals surface area contributed by atoms with Crippen LogP contribution in [0.3, 0.4) is 0 Å². The fraction of sp³-hybridized carbons (Fsp3) is 0.200. The van der Waals surface area contributed by atoms with E-state index in [-0.39, 0.29) is 11.2 Å². The van der Waals surface area contributed by atoms with Crippen molar-refractivity contribution in [2.24, 2.45) is 0 Å². The molecule has 2 N–H and O–H groups in total. The number of benzene rings is 2. The van der Waals surface area contributed by atoms with E-state index >= 15 is 0 Å². The first kappa shape index (κ1) is 18.1. The van der Waals surface area contributed by atoms with Crippen LogP contribution in [0.1, 0.15) is 10.4 Å². The van der Waals surface area contributed by atoms with Crippen LogP contribution in [-0.2, 0) is 0 Å². The Balaban J connectivity index is 2.18. The molecule has 8 heteroatoms. The van der Waals surface area contributed by atoms with Crippen molar-refractivity contribution in [3.63, 3.8) is 0 Å². The molecule has 0 unspecified atom stereocenters. The van der Waals surface area contributed by atoms with Crippen molar-refractivity contribution in [3.8, 4) is 5.69 Å². The molecule has 0 aliphatic carbocycles. The molecule has 28 heavy (non-hydrogen) atoms. The number of carboxylic acid groups (broad SMARTS) is 1. The highest BCUT2D eigenvalue weighted by Crippen LogP contribution is 2.29. The quantitative estimate of drug-likeness (QED) is 0.724. The summed E-state index contributed by atoms with van der Waals surface area (Å²) < 4.78 is 29.3. The average Bonchev–Trinajstić information content (AvgIpc) is 2.68. The summed E-state index contributed by atoms with van der Waals surface area (Å²) in [5, 5.41) is 12.9. The van der Waals surface area contributed by atoms with Gasteiger partial charge >= 0.3 is 5.97 Å². The SMILES string of the molecule is O=C(O)c1c(N2CCNCC2)n(-c2cccc(F)c2)c2ccc(F)cc2c1=O. The van der Waals surface area contributed by atoms with Gasteiger partial charge in [0.1, 0.15) is 23.0 Å². The topological polar surface area (TPSA) is 74.6 Å². The molecule has 0 radical (unpaired) electrons. The molecule has 1 aliphatic heterocycles. The van der Waals surface area contributed by atoms with E-state index in [0.717, 1.165) is 6.07 Å². The highest BCUT2D eigenvalue weighted by atomic mass is 19.1. The maximum absolute atomic E-state index is 14.0. The molecule has 2 heterocycles. The van der Waals surface area contributed by atoms with E-state index in [1.165, 1.54) is 34.9 Å². The van der Waals surface area contributed by atoms with E-state index in [1.807, 2.05) is 0 Å². The van der Waals surface area contributed by atoms with Crippen molar-refractivity contribution >= 4 is 22.7 Å². The second-order valence-electron chi connectivity index (χ2n) is 6.55. The third-order valence-corrected chi connectivity index (χ3v) is 4.80. The molecule has 0 saturated carbocycles. The Hall–Kier alpha value is -3.26. The summed E-state index contributed by atoms with van der Waals surface area (Å²) in [5.74, 6) is -2.39. The van der Waals surface area contributed by atoms with E-state index in [2.05, 4.69) is 5.32 Å². The molecule has 1 fully saturated rings. The Morgan fingerprint density at radius 2 is 1.75 bits per heavy atom. The van der Waals surface area contributed by atoms with Gasteiger partial charge in [0, 0.05) is 31.6 Å². The zero-order valence-corrected chi connectivity index (χ0v) is 14.8. The van der Waals surface area contributed by atoms with Crippen molar-refractivity contribution in [1.29, 1.82) is 0 Å². The third kappa shape index (κ3) is 3.01. The van der Waals surface area contributed by atoms with Gasteiger partial charge in [-0.05, 0) is 36.4 Å². The van der Waals surface area contributed by atoms with E-state index in [4.69, 9.17) is 0 Å². The number of nitrogens with one attached hydrogen (secondary N) is 1. The van der Waals surface area contributed by atoms with Gasteiger partial charge in [0.2, 0.25) is 5.43 Å². The normalized spacial score (nSPS) is 14.4. The summed E-state index contributed by atoms with van der Waals surface area (Å²) in [6, 6.07) is 9.27. The fourth-order valence-corrected chi connectivity index (χ4v) is 3.59. The van der Waals surface area contributed by atoms with Crippen molar-refractivity contribution in [2.45, 2.75) is 0 Å². The maximum atomic E-state index is 14.0. The number of hydrogen-bond acceptors (Lipinski definition) is 4. The molecule has 6 nitrogen and oxygen atoms in total. The number of aromatic nitrogens is 1. The first-order valence-electron chi connectivity index (χ1n) is 8.80. The monoisotopic (exact) mass is 385 g/mol. The highest BCUT2D eigenvalue weighted by molar-refractivity contribution is 5.99. The van der Waals surface area contributed by atoms with Gasteiger partial charge in [-0.25, -0.2) is 13.6 Å². The lowest BCUT2D eigenvalue weighted by atomic mass is 10.1. The average molecular weight is 385 g/mol. The highest BCUT2D eigenvalue weighted by Gasteiger charge is 2.28. The molecular weight excluding hydrogens is 368 g/mol. The van der Waals surface area contributed by atoms with E-state index in [9.17, 15) is 23.5 Å². The minimum Gasteiger partial charge on any atom is -0.477 e. The second-order valence-corrected chi connectivity index (χ2v) is 6.55. The van der Waals surface area contributed by atoms with Gasteiger partial charge in [-0.15, -0.1) is 0 Å². The largest absolute Gasteiger partial charge is 0.477 e. The van der Waals surface area contributed by atoms with E-state index in [1.54, 1.807) is 11.0 Å². The van der Waals surface area contributed by atoms with Crippen LogP contribution in [0.5, 0.6) is 0 Å². The Labute approximate surface area is 158 Å². The molecule has 3 aromatic rings. The summed E-state index contributed by atoms with van der Waals surface area (Å²) in [5.41, 5.74) is -0.546. The third-order valence-electron chi connectivity index (χ3n) is 4.80. The molecule has 1 aliphatic rings. The van der Waals surface area contributed by atoms with Crippen molar-refractivity contribution < 1.29 is 18.7 Å². The van der Waals surface area contributed by atoms with Gasteiger partial charge in [-0.3, -0.25) is 9.36 Å². The van der Waals surface area contributed by atoms with Crippen LogP contribution in [0.2, 0.25) is 0 Å². The van der Waals surface area contributed by atoms with Gasteiger partial charge in [0.25, 0.3) is 0 Å². The molecule has 2 aromatic carbocycles. The Bertz CT molecular complexity index is 1140. The summed E-state index contributed by atoms with van der Waals surface area (Å²) in [6.07, 6.45) is 0. The number of carbonyl (C=O) groups is 1. The maximum Gasteiger partial charge on any atom is 0.343 e. The fourth-order valence-electron chi connectivity index (χ4n) is 3.59. The van der Waals surface area contributed by atoms with Gasteiger partial charge < -0.3 is 15.3 Å². The minimum atomic E-state index is -1.41. The molecule has 4 rings (SSSR count). The lowest BCUT2D eigenvalue weighted by molar-refractivity contribution is 0.0695. The van der Waals surface area contributed by atoms with Crippen molar-refractivity contribution in [1.82, 2.24) is 9.88 Å². The van der Waals surface area contributed by atoms with Crippen molar-refractivity contribution in [2.75, 3.05) is 31.1 Å². The predicted molar refractivity (Wildman–Crippen MR) is 102 cm³/mol. The Kier molecular flexibility index (Phi) is 4.56. The van der Waals surface area contributed by atoms with Crippen LogP contribution in [-0.4, -0.2) is 41.8 Å². The molecule has 0 amide bonds. The number of piperazine rings is 1. The van der Waals surface area contributed by atoms with E-state index in [0.29, 0.717) is 37.4 Å². The number of hydrogen-bond donors (Lipinski definition) is 2. The number of halogens is 2. The van der Waals surface area contributed by atoms with Gasteiger partial charge in [0.15, 0.2) is 0 Å². The predicted octanol–water partition coefficient (Wildman–Crippen LogP) is 2.38. The van der Waals surface area contributed by atoms with Gasteiger partial charge in [-0.1, -0.05) is 6.07 Å². The standard InChI is InChI=1S/C20H17F2N3O3/c21-12-2-1-3-14(10-12)25-16-5-4-13(22)11-15(16)18(26)17(20(27)28)19(25)24-8-6-23-7-9-24/h1-5,10-11,23H,6-9H2,(H,27,28). The van der Waals surface area contributed by atoms with Crippen LogP contribution in [0.15, 0.2) is 47.3 Å². The molecule has 0 atom stereocenters. The van der Waals surface area contributed by atoms with Crippen LogP contribution in [0.25, 0.3) is 16.6 Å². The lowest BCUT2D eigenvalue weighted by Gasteiger charge is -2.33. The van der Waals surface area contributed by atoms with Crippen LogP contribution in [0, 0.1) is 11.6 Å². The number of nitrogens with zero attached hydrogens (tertiary/aromatic N) is 2. The number of rotatable bonds is 3. The molecule has 0 bridgehead atoms. The van der Waals surface area contributed by atoms with Crippen LogP contribution >= 0.6 is 0 Å². The number of carboxylic acids is 1. The minimum absolute atomic E-state index is 0.0689. The summed E-state index contributed by atoms with van der Waals surface area (Å²) >= 11 is 0. The smallest absolute Gasteiger partial charge is 0.343 e. The molecule has 144 valence electrons. The summed E-state index contributed by atoms with van der Waals surface area (Å²) in [6.45, 7) is 2.17. The Morgan fingerprint density at radius 3 is 2.43 bits per heavy atom. The summed E-state index contributed by atoms with van der Waals surface area (Å²) in [7, 11) is 0. The lowest BCUT2D eigenvalue weighted by Crippen LogP contribution is -2.46. The molecule has 0 spiro atoms. The number of pyridine rings is 1. The molecule has 1 saturated heterocycles. The zero-order chi connectivity index (χ0) is 19.8. The van der Waals surface area contributed by atoms with Crippen LogP contribution in [0.4, 0.5) is 14.6 Å². The first-order valence-corrected chi connectivity index (χ1v) is 8.80. The number of fused-ring (bicyclic) bond motifs is 1. The van der Waals surface area contributed by atoms with E-state index < -0.39 is 28.6 Å². The van der Waals surface area contributed by atoms with Crippen molar-refractivity contribution in [3.05, 3.63) is 69.9 Å². The van der Waals surface area contributed by atoms with Gasteiger partial charge in [0.05, 0.1) is 11.2 Å². The van der Waals surface area contributed by atoms with Gasteiger partial charge in [-0.2, -0.15) is 0 Å². The number of anilines is 1. The van der Waals surface area contributed by atoms with Crippen LogP contribution < -0.4 is 15.6 Å². The number of aromatic carboxylic acids is 1. The Morgan fingerprint density at radius 1 is 1.04 bits per heavy atom. The molecular formula is C20H17F2N3O3.